The molecule has 1 aromatic rings. The Labute approximate surface area is 145 Å². The van der Waals surface area contributed by atoms with Crippen molar-refractivity contribution in [1.29, 1.82) is 0 Å². The van der Waals surface area contributed by atoms with Gasteiger partial charge in [0.1, 0.15) is 17.1 Å². The zero-order valence-corrected chi connectivity index (χ0v) is 15.1. The molecule has 0 saturated heterocycles. The highest BCUT2D eigenvalue weighted by Crippen LogP contribution is 2.53. The molecule has 1 aromatic carbocycles. The first-order valence-electron chi connectivity index (χ1n) is 9.31. The molecule has 3 rings (SSSR count). The first kappa shape index (κ1) is 17.3. The molecule has 1 aliphatic heterocycles. The van der Waals surface area contributed by atoms with Crippen LogP contribution < -0.4 is 4.74 Å². The number of ether oxygens (including phenoxy) is 1. The van der Waals surface area contributed by atoms with Crippen LogP contribution in [-0.2, 0) is 6.42 Å². The number of rotatable bonds is 5. The fourth-order valence-electron chi connectivity index (χ4n) is 4.33. The Hall–Kier alpha value is -1.48. The molecule has 132 valence electrons. The second-order valence-electron chi connectivity index (χ2n) is 7.74. The highest BCUT2D eigenvalue weighted by Gasteiger charge is 2.47. The lowest BCUT2D eigenvalue weighted by Crippen LogP contribution is -2.50. The van der Waals surface area contributed by atoms with E-state index in [4.69, 9.17) is 4.74 Å². The molecule has 3 nitrogen and oxygen atoms in total. The van der Waals surface area contributed by atoms with Crippen molar-refractivity contribution >= 4 is 0 Å². The highest BCUT2D eigenvalue weighted by atomic mass is 16.5. The number of allylic oxidation sites excluding steroid dienone is 2. The fourth-order valence-corrected chi connectivity index (χ4v) is 4.33. The van der Waals surface area contributed by atoms with Crippen LogP contribution in [-0.4, -0.2) is 22.4 Å². The van der Waals surface area contributed by atoms with Crippen molar-refractivity contribution in [1.82, 2.24) is 0 Å². The molecule has 3 atom stereocenters. The number of hydrogen-bond donors (Lipinski definition) is 2. The summed E-state index contributed by atoms with van der Waals surface area (Å²) >= 11 is 0. The van der Waals surface area contributed by atoms with Gasteiger partial charge in [-0.25, -0.2) is 0 Å². The molecule has 0 spiro atoms. The van der Waals surface area contributed by atoms with Crippen molar-refractivity contribution in [3.05, 3.63) is 34.9 Å². The van der Waals surface area contributed by atoms with Crippen LogP contribution >= 0.6 is 0 Å². The van der Waals surface area contributed by atoms with E-state index >= 15 is 0 Å². The van der Waals surface area contributed by atoms with E-state index in [1.807, 2.05) is 13.0 Å². The molecule has 0 aromatic heterocycles. The van der Waals surface area contributed by atoms with Crippen molar-refractivity contribution in [3.8, 4) is 11.5 Å². The number of hydrogen-bond acceptors (Lipinski definition) is 3. The van der Waals surface area contributed by atoms with Gasteiger partial charge in [0.2, 0.25) is 0 Å². The van der Waals surface area contributed by atoms with Crippen LogP contribution in [0.4, 0.5) is 0 Å². The Morgan fingerprint density at radius 1 is 1.29 bits per heavy atom. The maximum absolute atomic E-state index is 10.7. The van der Waals surface area contributed by atoms with Crippen LogP contribution in [0.5, 0.6) is 11.5 Å². The maximum atomic E-state index is 10.7. The van der Waals surface area contributed by atoms with Gasteiger partial charge in [0.05, 0.1) is 6.61 Å². The Morgan fingerprint density at radius 2 is 2.08 bits per heavy atom. The fraction of sp³-hybridized carbons (Fsp3) is 0.619. The topological polar surface area (TPSA) is 49.7 Å². The van der Waals surface area contributed by atoms with Crippen LogP contribution in [0.2, 0.25) is 0 Å². The normalized spacial score (nSPS) is 28.6. The summed E-state index contributed by atoms with van der Waals surface area (Å²) in [6.45, 7) is 6.35. The van der Waals surface area contributed by atoms with E-state index in [9.17, 15) is 10.2 Å². The minimum absolute atomic E-state index is 0.00131. The van der Waals surface area contributed by atoms with Crippen LogP contribution in [0, 0.1) is 5.92 Å². The monoisotopic (exact) mass is 330 g/mol. The average molecular weight is 330 g/mol. The van der Waals surface area contributed by atoms with E-state index in [1.54, 1.807) is 0 Å². The second kappa shape index (κ2) is 6.79. The van der Waals surface area contributed by atoms with Crippen LogP contribution in [0.1, 0.15) is 69.9 Å². The van der Waals surface area contributed by atoms with E-state index in [0.717, 1.165) is 42.6 Å². The van der Waals surface area contributed by atoms with Crippen molar-refractivity contribution in [3.63, 3.8) is 0 Å². The Morgan fingerprint density at radius 3 is 2.79 bits per heavy atom. The second-order valence-corrected chi connectivity index (χ2v) is 7.74. The third-order valence-corrected chi connectivity index (χ3v) is 5.77. The molecule has 0 saturated carbocycles. The van der Waals surface area contributed by atoms with Gasteiger partial charge in [-0.15, -0.1) is 0 Å². The summed E-state index contributed by atoms with van der Waals surface area (Å²) in [4.78, 5) is 0. The molecule has 2 aliphatic rings. The minimum atomic E-state index is -0.580. The summed E-state index contributed by atoms with van der Waals surface area (Å²) in [5.41, 5.74) is 2.80. The summed E-state index contributed by atoms with van der Waals surface area (Å²) in [6.07, 6.45) is 8.74. The van der Waals surface area contributed by atoms with E-state index in [-0.39, 0.29) is 18.4 Å². The highest BCUT2D eigenvalue weighted by molar-refractivity contribution is 5.54. The molecular weight excluding hydrogens is 300 g/mol. The number of unbranched alkanes of at least 4 members (excludes halogenated alkanes) is 2. The third kappa shape index (κ3) is 3.06. The van der Waals surface area contributed by atoms with Gasteiger partial charge in [-0.2, -0.15) is 0 Å². The lowest BCUT2D eigenvalue weighted by Gasteiger charge is -2.47. The molecule has 0 fully saturated rings. The maximum Gasteiger partial charge on any atom is 0.133 e. The summed E-state index contributed by atoms with van der Waals surface area (Å²) < 4.78 is 6.26. The van der Waals surface area contributed by atoms with Gasteiger partial charge in [-0.05, 0) is 57.2 Å². The van der Waals surface area contributed by atoms with E-state index in [1.165, 1.54) is 18.4 Å². The molecule has 0 bridgehead atoms. The molecule has 1 heterocycles. The van der Waals surface area contributed by atoms with Gasteiger partial charge < -0.3 is 14.9 Å². The molecule has 3 unspecified atom stereocenters. The number of phenols is 1. The molecule has 24 heavy (non-hydrogen) atoms. The molecule has 2 N–H and O–H groups in total. The van der Waals surface area contributed by atoms with Gasteiger partial charge >= 0.3 is 0 Å². The summed E-state index contributed by atoms with van der Waals surface area (Å²) in [7, 11) is 0. The largest absolute Gasteiger partial charge is 0.507 e. The first-order valence-corrected chi connectivity index (χ1v) is 9.31. The van der Waals surface area contributed by atoms with Crippen molar-refractivity contribution in [2.45, 2.75) is 70.8 Å². The summed E-state index contributed by atoms with van der Waals surface area (Å²) in [5, 5.41) is 20.7. The number of fused-ring (bicyclic) bond motifs is 3. The summed E-state index contributed by atoms with van der Waals surface area (Å²) in [5.74, 6) is 1.44. The van der Waals surface area contributed by atoms with Gasteiger partial charge in [0.25, 0.3) is 0 Å². The minimum Gasteiger partial charge on any atom is -0.507 e. The first-order chi connectivity index (χ1) is 11.5. The number of aromatic hydroxyl groups is 1. The van der Waals surface area contributed by atoms with Crippen LogP contribution in [0.25, 0.3) is 0 Å². The van der Waals surface area contributed by atoms with Crippen molar-refractivity contribution in [2.75, 3.05) is 6.61 Å². The van der Waals surface area contributed by atoms with E-state index in [2.05, 4.69) is 26.0 Å². The molecule has 0 radical (unpaired) electrons. The number of benzene rings is 1. The van der Waals surface area contributed by atoms with Gasteiger partial charge in [-0.1, -0.05) is 31.4 Å². The Kier molecular flexibility index (Phi) is 4.91. The Bertz CT molecular complexity index is 634. The Balaban J connectivity index is 2.01. The van der Waals surface area contributed by atoms with Gasteiger partial charge in [0, 0.05) is 17.4 Å². The number of aliphatic hydroxyl groups is 1. The standard InChI is InChI=1S/C21H30O3/c1-4-5-6-7-15-11-18(23)20-16-10-14(2)8-9-17(16)21(3,13-22)24-19(20)12-15/h10-12,16-17,22-23H,4-9,13H2,1-3H3. The van der Waals surface area contributed by atoms with Crippen LogP contribution in [0.15, 0.2) is 23.8 Å². The summed E-state index contributed by atoms with van der Waals surface area (Å²) in [6, 6.07) is 3.99. The van der Waals surface area contributed by atoms with Crippen LogP contribution in [0.3, 0.4) is 0 Å². The van der Waals surface area contributed by atoms with Crippen molar-refractivity contribution < 1.29 is 14.9 Å². The number of aryl methyl sites for hydroxylation is 1. The lowest BCUT2D eigenvalue weighted by atomic mass is 9.67. The number of aliphatic hydroxyl groups excluding tert-OH is 1. The zero-order valence-electron chi connectivity index (χ0n) is 15.1. The molecular formula is C21H30O3. The van der Waals surface area contributed by atoms with Crippen molar-refractivity contribution in [2.24, 2.45) is 5.92 Å². The zero-order chi connectivity index (χ0) is 17.3. The average Bonchev–Trinajstić information content (AvgIpc) is 2.54. The predicted octanol–water partition coefficient (Wildman–Crippen LogP) is 4.71. The molecule has 0 amide bonds. The van der Waals surface area contributed by atoms with Gasteiger partial charge in [0.15, 0.2) is 0 Å². The third-order valence-electron chi connectivity index (χ3n) is 5.77. The quantitative estimate of drug-likeness (QED) is 0.607. The SMILES string of the molecule is CCCCCc1cc(O)c2c(c1)OC(C)(CO)C1CCC(C)=CC21. The molecule has 3 heteroatoms. The van der Waals surface area contributed by atoms with E-state index in [0.29, 0.717) is 5.75 Å². The predicted molar refractivity (Wildman–Crippen MR) is 96.7 cm³/mol. The smallest absolute Gasteiger partial charge is 0.133 e. The van der Waals surface area contributed by atoms with Gasteiger partial charge in [-0.3, -0.25) is 0 Å². The van der Waals surface area contributed by atoms with E-state index < -0.39 is 5.60 Å². The lowest BCUT2D eigenvalue weighted by molar-refractivity contribution is -0.0475. The molecule has 1 aliphatic carbocycles. The number of phenolic OH excluding ortho intramolecular Hbond substituents is 1.